The second-order valence-electron chi connectivity index (χ2n) is 7.42. The van der Waals surface area contributed by atoms with Gasteiger partial charge in [0.25, 0.3) is 0 Å². The van der Waals surface area contributed by atoms with Crippen molar-refractivity contribution in [1.82, 2.24) is 25.7 Å². The van der Waals surface area contributed by atoms with Crippen LogP contribution in [0.4, 0.5) is 0 Å². The van der Waals surface area contributed by atoms with E-state index in [0.29, 0.717) is 13.1 Å². The maximum atomic E-state index is 12.2. The maximum absolute atomic E-state index is 12.2. The molecule has 1 saturated carbocycles. The molecule has 1 aromatic carbocycles. The largest absolute Gasteiger partial charge is 0.356 e. The number of rotatable bonds is 8. The van der Waals surface area contributed by atoms with Crippen LogP contribution in [0.1, 0.15) is 37.7 Å². The number of carbonyl (C=O) groups excluding carboxylic acids is 1. The number of amides is 1. The average molecular weight is 397 g/mol. The average Bonchev–Trinajstić information content (AvgIpc) is 3.31. The summed E-state index contributed by atoms with van der Waals surface area (Å²) in [5.74, 6) is 1.17. The van der Waals surface area contributed by atoms with Crippen molar-refractivity contribution in [2.24, 2.45) is 10.9 Å². The van der Waals surface area contributed by atoms with Crippen molar-refractivity contribution >= 4 is 11.9 Å². The van der Waals surface area contributed by atoms with Crippen LogP contribution in [0.15, 0.2) is 47.7 Å². The minimum Gasteiger partial charge on any atom is -0.356 e. The van der Waals surface area contributed by atoms with Crippen molar-refractivity contribution in [1.29, 1.82) is 0 Å². The van der Waals surface area contributed by atoms with Gasteiger partial charge in [-0.05, 0) is 43.0 Å². The molecule has 7 heteroatoms. The molecule has 1 fully saturated rings. The maximum Gasteiger partial charge on any atom is 0.223 e. The van der Waals surface area contributed by atoms with Gasteiger partial charge < -0.3 is 16.0 Å². The normalized spacial score (nSPS) is 15.1. The van der Waals surface area contributed by atoms with Crippen LogP contribution in [-0.4, -0.2) is 48.3 Å². The first kappa shape index (κ1) is 20.9. The van der Waals surface area contributed by atoms with Crippen LogP contribution in [0.2, 0.25) is 0 Å². The Labute approximate surface area is 173 Å². The van der Waals surface area contributed by atoms with E-state index in [0.717, 1.165) is 37.5 Å². The molecular formula is C22H32N6O. The molecule has 1 aromatic heterocycles. The van der Waals surface area contributed by atoms with Gasteiger partial charge in [0.05, 0.1) is 5.69 Å². The highest BCUT2D eigenvalue weighted by Crippen LogP contribution is 2.23. The molecule has 3 rings (SSSR count). The van der Waals surface area contributed by atoms with E-state index in [-0.39, 0.29) is 11.8 Å². The van der Waals surface area contributed by atoms with Gasteiger partial charge in [0, 0.05) is 45.0 Å². The molecule has 2 aromatic rings. The summed E-state index contributed by atoms with van der Waals surface area (Å²) < 4.78 is 1.85. The lowest BCUT2D eigenvalue weighted by Gasteiger charge is -2.21. The zero-order valence-electron chi connectivity index (χ0n) is 17.2. The molecular weight excluding hydrogens is 364 g/mol. The van der Waals surface area contributed by atoms with Crippen molar-refractivity contribution < 1.29 is 4.79 Å². The molecule has 0 spiro atoms. The minimum atomic E-state index is 0.202. The van der Waals surface area contributed by atoms with Gasteiger partial charge in [-0.15, -0.1) is 0 Å². The Morgan fingerprint density at radius 1 is 1.07 bits per heavy atom. The first-order chi connectivity index (χ1) is 14.3. The van der Waals surface area contributed by atoms with Gasteiger partial charge in [0.2, 0.25) is 5.91 Å². The van der Waals surface area contributed by atoms with Crippen molar-refractivity contribution in [2.75, 3.05) is 26.7 Å². The molecule has 1 amide bonds. The van der Waals surface area contributed by atoms with Gasteiger partial charge in [-0.25, -0.2) is 4.68 Å². The van der Waals surface area contributed by atoms with E-state index in [4.69, 9.17) is 0 Å². The van der Waals surface area contributed by atoms with E-state index in [1.807, 2.05) is 16.9 Å². The third-order valence-electron chi connectivity index (χ3n) is 5.33. The Morgan fingerprint density at radius 2 is 1.79 bits per heavy atom. The van der Waals surface area contributed by atoms with Gasteiger partial charge in [0.15, 0.2) is 5.96 Å². The van der Waals surface area contributed by atoms with E-state index < -0.39 is 0 Å². The summed E-state index contributed by atoms with van der Waals surface area (Å²) in [6.07, 6.45) is 10.3. The van der Waals surface area contributed by atoms with Gasteiger partial charge in [-0.1, -0.05) is 31.4 Å². The van der Waals surface area contributed by atoms with Crippen LogP contribution < -0.4 is 16.0 Å². The van der Waals surface area contributed by atoms with E-state index in [1.165, 1.54) is 24.8 Å². The Morgan fingerprint density at radius 3 is 2.48 bits per heavy atom. The molecule has 0 radical (unpaired) electrons. The van der Waals surface area contributed by atoms with E-state index >= 15 is 0 Å². The molecule has 7 nitrogen and oxygen atoms in total. The van der Waals surface area contributed by atoms with Gasteiger partial charge in [-0.3, -0.25) is 9.79 Å². The lowest BCUT2D eigenvalue weighted by molar-refractivity contribution is -0.125. The van der Waals surface area contributed by atoms with Crippen LogP contribution in [0.3, 0.4) is 0 Å². The lowest BCUT2D eigenvalue weighted by Crippen LogP contribution is -2.43. The highest BCUT2D eigenvalue weighted by molar-refractivity contribution is 5.80. The summed E-state index contributed by atoms with van der Waals surface area (Å²) >= 11 is 0. The van der Waals surface area contributed by atoms with E-state index in [1.54, 1.807) is 13.2 Å². The van der Waals surface area contributed by atoms with E-state index in [9.17, 15) is 4.79 Å². The zero-order chi connectivity index (χ0) is 20.3. The van der Waals surface area contributed by atoms with Crippen LogP contribution in [0, 0.1) is 5.92 Å². The molecule has 29 heavy (non-hydrogen) atoms. The van der Waals surface area contributed by atoms with Crippen LogP contribution in [0.25, 0.3) is 5.69 Å². The Bertz CT molecular complexity index is 763. The van der Waals surface area contributed by atoms with Gasteiger partial charge in [0.1, 0.15) is 0 Å². The third kappa shape index (κ3) is 6.62. The highest BCUT2D eigenvalue weighted by atomic mass is 16.1. The van der Waals surface area contributed by atoms with Crippen molar-refractivity contribution in [3.05, 3.63) is 48.3 Å². The summed E-state index contributed by atoms with van der Waals surface area (Å²) in [7, 11) is 1.76. The molecule has 0 bridgehead atoms. The number of nitrogens with zero attached hydrogens (tertiary/aromatic N) is 3. The third-order valence-corrected chi connectivity index (χ3v) is 5.33. The number of aromatic nitrogens is 2. The number of nitrogens with one attached hydrogen (secondary N) is 3. The van der Waals surface area contributed by atoms with Crippen molar-refractivity contribution in [2.45, 2.75) is 38.5 Å². The molecule has 156 valence electrons. The Kier molecular flexibility index (Phi) is 8.10. The fourth-order valence-corrected chi connectivity index (χ4v) is 3.66. The van der Waals surface area contributed by atoms with E-state index in [2.05, 4.69) is 50.3 Å². The second-order valence-corrected chi connectivity index (χ2v) is 7.42. The van der Waals surface area contributed by atoms with Gasteiger partial charge in [-0.2, -0.15) is 5.10 Å². The summed E-state index contributed by atoms with van der Waals surface area (Å²) in [5.41, 5.74) is 2.31. The van der Waals surface area contributed by atoms with Crippen LogP contribution >= 0.6 is 0 Å². The summed E-state index contributed by atoms with van der Waals surface area (Å²) in [5, 5.41) is 13.9. The predicted molar refractivity (Wildman–Crippen MR) is 116 cm³/mol. The smallest absolute Gasteiger partial charge is 0.223 e. The molecule has 1 heterocycles. The highest BCUT2D eigenvalue weighted by Gasteiger charge is 2.20. The minimum absolute atomic E-state index is 0.202. The second kappa shape index (κ2) is 11.2. The van der Waals surface area contributed by atoms with Crippen LogP contribution in [-0.2, 0) is 11.2 Å². The fourth-order valence-electron chi connectivity index (χ4n) is 3.66. The SMILES string of the molecule is CN=C(NCCNC(=O)C1CCCCC1)NCCc1ccc(-n2cccn2)cc1. The van der Waals surface area contributed by atoms with Crippen molar-refractivity contribution in [3.8, 4) is 5.69 Å². The zero-order valence-corrected chi connectivity index (χ0v) is 17.2. The molecule has 3 N–H and O–H groups in total. The topological polar surface area (TPSA) is 83.3 Å². The number of hydrogen-bond acceptors (Lipinski definition) is 3. The molecule has 0 saturated heterocycles. The number of hydrogen-bond donors (Lipinski definition) is 3. The van der Waals surface area contributed by atoms with Crippen LogP contribution in [0.5, 0.6) is 0 Å². The van der Waals surface area contributed by atoms with Gasteiger partial charge >= 0.3 is 0 Å². The number of benzene rings is 1. The fraction of sp³-hybridized carbons (Fsp3) is 0.500. The molecule has 0 atom stereocenters. The summed E-state index contributed by atoms with van der Waals surface area (Å²) in [6, 6.07) is 10.3. The number of guanidine groups is 1. The predicted octanol–water partition coefficient (Wildman–Crippen LogP) is 2.28. The first-order valence-electron chi connectivity index (χ1n) is 10.6. The summed E-state index contributed by atoms with van der Waals surface area (Å²) in [4.78, 5) is 16.4. The molecule has 0 aliphatic heterocycles. The number of carbonyl (C=O) groups is 1. The quantitative estimate of drug-likeness (QED) is 0.363. The lowest BCUT2D eigenvalue weighted by atomic mass is 9.89. The van der Waals surface area contributed by atoms with Crippen molar-refractivity contribution in [3.63, 3.8) is 0 Å². The summed E-state index contributed by atoms with van der Waals surface area (Å²) in [6.45, 7) is 2.07. The molecule has 0 unspecified atom stereocenters. The number of aliphatic imine (C=N–C) groups is 1. The first-order valence-corrected chi connectivity index (χ1v) is 10.6. The molecule has 1 aliphatic rings. The Balaban J connectivity index is 1.31. The monoisotopic (exact) mass is 396 g/mol. The molecule has 1 aliphatic carbocycles. The Hall–Kier alpha value is -2.83. The standard InChI is InChI=1S/C22H32N6O/c1-23-22(26-16-15-24-21(29)19-6-3-2-4-7-19)25-14-12-18-8-10-20(11-9-18)28-17-5-13-27-28/h5,8-11,13,17,19H,2-4,6-7,12,14-16H2,1H3,(H,24,29)(H2,23,25,26).